The summed E-state index contributed by atoms with van der Waals surface area (Å²) in [4.78, 5) is 16.7. The first-order valence-electron chi connectivity index (χ1n) is 7.41. The molecule has 2 rings (SSSR count). The van der Waals surface area contributed by atoms with Gasteiger partial charge in [0.2, 0.25) is 5.91 Å². The summed E-state index contributed by atoms with van der Waals surface area (Å²) in [7, 11) is 2.03. The van der Waals surface area contributed by atoms with Crippen molar-refractivity contribution in [3.8, 4) is 0 Å². The Labute approximate surface area is 116 Å². The van der Waals surface area contributed by atoms with Crippen LogP contribution in [0.3, 0.4) is 0 Å². The number of nitrogens with zero attached hydrogens (tertiary/aromatic N) is 2. The average molecular weight is 269 g/mol. The molecule has 5 nitrogen and oxygen atoms in total. The van der Waals surface area contributed by atoms with E-state index in [1.165, 1.54) is 0 Å². The number of likely N-dealkylation sites (tertiary alicyclic amines) is 1. The van der Waals surface area contributed by atoms with E-state index in [0.29, 0.717) is 25.2 Å². The van der Waals surface area contributed by atoms with Crippen LogP contribution in [0.1, 0.15) is 20.3 Å². The van der Waals surface area contributed by atoms with Crippen LogP contribution in [0.4, 0.5) is 0 Å². The topological polar surface area (TPSA) is 44.8 Å². The molecule has 3 unspecified atom stereocenters. The third-order valence-corrected chi connectivity index (χ3v) is 4.54. The first-order valence-corrected chi connectivity index (χ1v) is 7.41. The van der Waals surface area contributed by atoms with Gasteiger partial charge in [0, 0.05) is 32.2 Å². The van der Waals surface area contributed by atoms with Crippen LogP contribution in [0.2, 0.25) is 0 Å². The van der Waals surface area contributed by atoms with Crippen molar-refractivity contribution in [1.29, 1.82) is 0 Å². The molecule has 0 bridgehead atoms. The molecule has 19 heavy (non-hydrogen) atoms. The highest BCUT2D eigenvalue weighted by Gasteiger charge is 2.32. The number of amides is 1. The van der Waals surface area contributed by atoms with Gasteiger partial charge in [-0.15, -0.1) is 0 Å². The van der Waals surface area contributed by atoms with E-state index >= 15 is 0 Å². The van der Waals surface area contributed by atoms with Crippen molar-refractivity contribution in [2.24, 2.45) is 5.92 Å². The van der Waals surface area contributed by atoms with E-state index in [4.69, 9.17) is 4.74 Å². The van der Waals surface area contributed by atoms with Crippen LogP contribution in [-0.4, -0.2) is 74.2 Å². The molecule has 2 aliphatic rings. The smallest absolute Gasteiger partial charge is 0.239 e. The fourth-order valence-corrected chi connectivity index (χ4v) is 3.16. The molecule has 2 fully saturated rings. The molecule has 5 heteroatoms. The molecule has 3 atom stereocenters. The molecular weight excluding hydrogens is 242 g/mol. The molecule has 0 aliphatic carbocycles. The highest BCUT2D eigenvalue weighted by atomic mass is 16.5. The zero-order chi connectivity index (χ0) is 13.8. The van der Waals surface area contributed by atoms with E-state index in [-0.39, 0.29) is 11.9 Å². The summed E-state index contributed by atoms with van der Waals surface area (Å²) in [6, 6.07) is 0.584. The lowest BCUT2D eigenvalue weighted by Gasteiger charge is -2.41. The Morgan fingerprint density at radius 1 is 1.32 bits per heavy atom. The molecule has 0 aromatic carbocycles. The van der Waals surface area contributed by atoms with E-state index in [1.807, 2.05) is 18.9 Å². The van der Waals surface area contributed by atoms with Gasteiger partial charge in [0.15, 0.2) is 0 Å². The van der Waals surface area contributed by atoms with Crippen LogP contribution in [0.25, 0.3) is 0 Å². The van der Waals surface area contributed by atoms with Crippen LogP contribution >= 0.6 is 0 Å². The lowest BCUT2D eigenvalue weighted by Crippen LogP contribution is -2.55. The summed E-state index contributed by atoms with van der Waals surface area (Å²) in [5.41, 5.74) is 0. The second-order valence-corrected chi connectivity index (χ2v) is 5.77. The minimum Gasteiger partial charge on any atom is -0.378 e. The molecule has 0 radical (unpaired) electrons. The summed E-state index contributed by atoms with van der Waals surface area (Å²) in [5.74, 6) is 0.858. The Morgan fingerprint density at radius 2 is 2.00 bits per heavy atom. The maximum atomic E-state index is 12.5. The number of rotatable bonds is 3. The minimum absolute atomic E-state index is 0.00152. The highest BCUT2D eigenvalue weighted by Crippen LogP contribution is 2.19. The fourth-order valence-electron chi connectivity index (χ4n) is 3.16. The van der Waals surface area contributed by atoms with Gasteiger partial charge in [-0.3, -0.25) is 9.69 Å². The molecule has 0 spiro atoms. The van der Waals surface area contributed by atoms with E-state index in [0.717, 1.165) is 32.6 Å². The summed E-state index contributed by atoms with van der Waals surface area (Å²) in [5, 5.41) is 3.37. The zero-order valence-electron chi connectivity index (χ0n) is 12.4. The van der Waals surface area contributed by atoms with Crippen molar-refractivity contribution >= 4 is 5.91 Å². The normalized spacial score (nSPS) is 31.2. The van der Waals surface area contributed by atoms with Crippen molar-refractivity contribution in [1.82, 2.24) is 15.1 Å². The van der Waals surface area contributed by atoms with Crippen LogP contribution in [-0.2, 0) is 9.53 Å². The predicted octanol–water partition coefficient (Wildman–Crippen LogP) is 0.164. The van der Waals surface area contributed by atoms with Crippen LogP contribution in [0.15, 0.2) is 0 Å². The number of piperidine rings is 1. The fraction of sp³-hybridized carbons (Fsp3) is 0.929. The van der Waals surface area contributed by atoms with Gasteiger partial charge in [0.1, 0.15) is 0 Å². The molecule has 0 aromatic rings. The maximum Gasteiger partial charge on any atom is 0.239 e. The van der Waals surface area contributed by atoms with Crippen molar-refractivity contribution in [3.05, 3.63) is 0 Å². The molecule has 1 amide bonds. The zero-order valence-corrected chi connectivity index (χ0v) is 12.4. The third kappa shape index (κ3) is 3.46. The summed E-state index contributed by atoms with van der Waals surface area (Å²) in [6.45, 7) is 9.16. The van der Waals surface area contributed by atoms with Gasteiger partial charge < -0.3 is 15.0 Å². The second kappa shape index (κ2) is 6.68. The predicted molar refractivity (Wildman–Crippen MR) is 75.1 cm³/mol. The highest BCUT2D eigenvalue weighted by molar-refractivity contribution is 5.81. The Balaban J connectivity index is 1.88. The van der Waals surface area contributed by atoms with Gasteiger partial charge in [-0.25, -0.2) is 0 Å². The number of carbonyl (C=O) groups is 1. The largest absolute Gasteiger partial charge is 0.378 e. The van der Waals surface area contributed by atoms with Gasteiger partial charge in [-0.1, -0.05) is 6.92 Å². The lowest BCUT2D eigenvalue weighted by molar-refractivity contribution is -0.141. The SMILES string of the molecule is CNC1CCN(C(C)C(=O)N2CCOCC2)CC1C. The van der Waals surface area contributed by atoms with Gasteiger partial charge >= 0.3 is 0 Å². The number of carbonyl (C=O) groups excluding carboxylic acids is 1. The molecular formula is C14H27N3O2. The number of hydrogen-bond acceptors (Lipinski definition) is 4. The van der Waals surface area contributed by atoms with Gasteiger partial charge in [0.05, 0.1) is 19.3 Å². The van der Waals surface area contributed by atoms with Gasteiger partial charge in [0.25, 0.3) is 0 Å². The maximum absolute atomic E-state index is 12.5. The first-order chi connectivity index (χ1) is 9.13. The average Bonchev–Trinajstić information content (AvgIpc) is 2.46. The Bertz CT molecular complexity index is 305. The molecule has 0 aromatic heterocycles. The van der Waals surface area contributed by atoms with Crippen molar-refractivity contribution in [2.75, 3.05) is 46.4 Å². The lowest BCUT2D eigenvalue weighted by atomic mass is 9.93. The van der Waals surface area contributed by atoms with Crippen LogP contribution in [0, 0.1) is 5.92 Å². The molecule has 1 N–H and O–H groups in total. The third-order valence-electron chi connectivity index (χ3n) is 4.54. The number of morpholine rings is 1. The number of nitrogens with one attached hydrogen (secondary N) is 1. The van der Waals surface area contributed by atoms with E-state index in [1.54, 1.807) is 0 Å². The Kier molecular flexibility index (Phi) is 5.19. The van der Waals surface area contributed by atoms with E-state index in [2.05, 4.69) is 17.1 Å². The van der Waals surface area contributed by atoms with E-state index < -0.39 is 0 Å². The van der Waals surface area contributed by atoms with Crippen molar-refractivity contribution < 1.29 is 9.53 Å². The molecule has 2 aliphatic heterocycles. The van der Waals surface area contributed by atoms with Crippen molar-refractivity contribution in [3.63, 3.8) is 0 Å². The Morgan fingerprint density at radius 3 is 2.58 bits per heavy atom. The minimum atomic E-state index is -0.00152. The molecule has 110 valence electrons. The second-order valence-electron chi connectivity index (χ2n) is 5.77. The summed E-state index contributed by atoms with van der Waals surface area (Å²) in [6.07, 6.45) is 1.12. The van der Waals surface area contributed by atoms with Crippen LogP contribution in [0.5, 0.6) is 0 Å². The summed E-state index contributed by atoms with van der Waals surface area (Å²) < 4.78 is 5.31. The standard InChI is InChI=1S/C14H27N3O2/c1-11-10-17(5-4-13(11)15-3)12(2)14(18)16-6-8-19-9-7-16/h11-13,15H,4-10H2,1-3H3. The number of ether oxygens (including phenoxy) is 1. The first kappa shape index (κ1) is 14.8. The number of hydrogen-bond donors (Lipinski definition) is 1. The Hall–Kier alpha value is -0.650. The van der Waals surface area contributed by atoms with Gasteiger partial charge in [-0.2, -0.15) is 0 Å². The van der Waals surface area contributed by atoms with Crippen molar-refractivity contribution in [2.45, 2.75) is 32.4 Å². The monoisotopic (exact) mass is 269 g/mol. The van der Waals surface area contributed by atoms with Crippen LogP contribution < -0.4 is 5.32 Å². The van der Waals surface area contributed by atoms with Gasteiger partial charge in [-0.05, 0) is 26.3 Å². The quantitative estimate of drug-likeness (QED) is 0.793. The molecule has 0 saturated carbocycles. The molecule has 2 heterocycles. The summed E-state index contributed by atoms with van der Waals surface area (Å²) >= 11 is 0. The molecule has 2 saturated heterocycles. The van der Waals surface area contributed by atoms with E-state index in [9.17, 15) is 4.79 Å².